The summed E-state index contributed by atoms with van der Waals surface area (Å²) in [6, 6.07) is 16.3. The molecule has 0 fully saturated rings. The van der Waals surface area contributed by atoms with Gasteiger partial charge in [-0.1, -0.05) is 35.0 Å². The van der Waals surface area contributed by atoms with Gasteiger partial charge in [0, 0.05) is 34.1 Å². The lowest BCUT2D eigenvalue weighted by molar-refractivity contribution is 0.301. The topological polar surface area (TPSA) is 57.8 Å². The van der Waals surface area contributed by atoms with Crippen LogP contribution >= 0.6 is 15.9 Å². The first-order valence-corrected chi connectivity index (χ1v) is 11.5. The van der Waals surface area contributed by atoms with E-state index in [0.717, 1.165) is 33.8 Å². The van der Waals surface area contributed by atoms with Crippen LogP contribution in [0.5, 0.6) is 5.75 Å². The number of benzene rings is 2. The predicted octanol–water partition coefficient (Wildman–Crippen LogP) is 6.08. The van der Waals surface area contributed by atoms with E-state index in [2.05, 4.69) is 74.8 Å². The average Bonchev–Trinajstić information content (AvgIpc) is 3.37. The van der Waals surface area contributed by atoms with Gasteiger partial charge in [0.05, 0.1) is 28.6 Å². The molecule has 0 N–H and O–H groups in total. The molecule has 2 aromatic carbocycles. The summed E-state index contributed by atoms with van der Waals surface area (Å²) in [5.74, 6) is 1.33. The summed E-state index contributed by atoms with van der Waals surface area (Å²) in [7, 11) is 0. The van der Waals surface area contributed by atoms with Gasteiger partial charge in [0.15, 0.2) is 0 Å². The predicted molar refractivity (Wildman–Crippen MR) is 130 cm³/mol. The van der Waals surface area contributed by atoms with Gasteiger partial charge in [-0.05, 0) is 55.3 Å². The normalized spacial score (nSPS) is 11.7. The zero-order valence-electron chi connectivity index (χ0n) is 18.3. The van der Waals surface area contributed by atoms with Crippen LogP contribution in [0.2, 0.25) is 0 Å². The smallest absolute Gasteiger partial charge is 0.134 e. The highest BCUT2D eigenvalue weighted by Gasteiger charge is 2.15. The van der Waals surface area contributed by atoms with E-state index in [-0.39, 0.29) is 0 Å². The van der Waals surface area contributed by atoms with Crippen LogP contribution in [0.25, 0.3) is 27.5 Å². The summed E-state index contributed by atoms with van der Waals surface area (Å²) in [6.45, 7) is 7.83. The summed E-state index contributed by atoms with van der Waals surface area (Å²) in [4.78, 5) is 4.53. The third-order valence-corrected chi connectivity index (χ3v) is 6.02. The Morgan fingerprint density at radius 2 is 1.84 bits per heavy atom. The lowest BCUT2D eigenvalue weighted by Crippen LogP contribution is -2.05. The molecule has 0 saturated heterocycles. The zero-order chi connectivity index (χ0) is 22.2. The quantitative estimate of drug-likeness (QED) is 0.290. The number of nitrogens with zero attached hydrogens (tertiary/aromatic N) is 5. The summed E-state index contributed by atoms with van der Waals surface area (Å²) in [5.41, 5.74) is 5.14. The summed E-state index contributed by atoms with van der Waals surface area (Å²) in [5, 5.41) is 10.9. The maximum atomic E-state index is 6.10. The molecule has 0 saturated carbocycles. The highest BCUT2D eigenvalue weighted by molar-refractivity contribution is 9.10. The van der Waals surface area contributed by atoms with Crippen LogP contribution in [-0.2, 0) is 13.2 Å². The number of pyridine rings is 1. The summed E-state index contributed by atoms with van der Waals surface area (Å²) < 4.78 is 11.3. The minimum atomic E-state index is 0.354. The van der Waals surface area contributed by atoms with Crippen LogP contribution in [0.15, 0.2) is 65.4 Å². The summed E-state index contributed by atoms with van der Waals surface area (Å²) in [6.07, 6.45) is 3.78. The van der Waals surface area contributed by atoms with Crippen LogP contribution in [0.1, 0.15) is 25.2 Å². The number of aryl methyl sites for hydroxylation is 1. The molecule has 3 aromatic heterocycles. The third kappa shape index (κ3) is 3.88. The first-order valence-electron chi connectivity index (χ1n) is 10.7. The second-order valence-corrected chi connectivity index (χ2v) is 9.31. The standard InChI is InChI=1S/C25H24BrN5O/c1-16(2)13-30-24-12-21(8-9-22(24)23-10-11-27-17(3)25(23)30)32-15-19-14-31(29-28-19)20-6-4-18(26)5-7-20/h4-12,14,16H,13,15H2,1-3H3. The Hall–Kier alpha value is -3.19. The van der Waals surface area contributed by atoms with Gasteiger partial charge in [0.2, 0.25) is 0 Å². The Kier molecular flexibility index (Phi) is 5.43. The molecule has 0 bridgehead atoms. The minimum absolute atomic E-state index is 0.354. The molecular formula is C25H24BrN5O. The van der Waals surface area contributed by atoms with Crippen LogP contribution in [0.4, 0.5) is 0 Å². The van der Waals surface area contributed by atoms with Crippen molar-refractivity contribution >= 4 is 37.7 Å². The van der Waals surface area contributed by atoms with E-state index in [4.69, 9.17) is 4.74 Å². The molecule has 6 nitrogen and oxygen atoms in total. The number of aromatic nitrogens is 5. The maximum absolute atomic E-state index is 6.10. The van der Waals surface area contributed by atoms with Gasteiger partial charge in [-0.25, -0.2) is 4.68 Å². The van der Waals surface area contributed by atoms with Crippen molar-refractivity contribution < 1.29 is 4.74 Å². The van der Waals surface area contributed by atoms with Crippen molar-refractivity contribution in [3.8, 4) is 11.4 Å². The molecule has 0 aliphatic heterocycles. The van der Waals surface area contributed by atoms with Gasteiger partial charge < -0.3 is 9.30 Å². The van der Waals surface area contributed by atoms with E-state index < -0.39 is 0 Å². The molecule has 5 rings (SSSR count). The molecule has 3 heterocycles. The number of hydrogen-bond donors (Lipinski definition) is 0. The number of halogens is 1. The van der Waals surface area contributed by atoms with Crippen LogP contribution in [0, 0.1) is 12.8 Å². The number of rotatable bonds is 6. The van der Waals surface area contributed by atoms with Gasteiger partial charge in [0.25, 0.3) is 0 Å². The first-order chi connectivity index (χ1) is 15.5. The van der Waals surface area contributed by atoms with Gasteiger partial charge in [-0.2, -0.15) is 0 Å². The van der Waals surface area contributed by atoms with E-state index in [1.807, 2.05) is 42.7 Å². The summed E-state index contributed by atoms with van der Waals surface area (Å²) >= 11 is 3.45. The van der Waals surface area contributed by atoms with E-state index in [1.54, 1.807) is 4.68 Å². The van der Waals surface area contributed by atoms with Crippen molar-refractivity contribution in [3.63, 3.8) is 0 Å². The van der Waals surface area contributed by atoms with E-state index in [1.165, 1.54) is 21.8 Å². The van der Waals surface area contributed by atoms with Crippen molar-refractivity contribution in [3.05, 3.63) is 76.8 Å². The van der Waals surface area contributed by atoms with Crippen molar-refractivity contribution in [1.29, 1.82) is 0 Å². The largest absolute Gasteiger partial charge is 0.487 e. The van der Waals surface area contributed by atoms with Crippen molar-refractivity contribution in [2.24, 2.45) is 5.92 Å². The molecule has 0 radical (unpaired) electrons. The SMILES string of the molecule is Cc1nccc2c3ccc(OCc4cn(-c5ccc(Br)cc5)nn4)cc3n(CC(C)C)c12. The van der Waals surface area contributed by atoms with E-state index in [9.17, 15) is 0 Å². The second kappa shape index (κ2) is 8.39. The average molecular weight is 490 g/mol. The second-order valence-electron chi connectivity index (χ2n) is 8.40. The zero-order valence-corrected chi connectivity index (χ0v) is 19.9. The first kappa shape index (κ1) is 20.7. The van der Waals surface area contributed by atoms with E-state index >= 15 is 0 Å². The molecule has 0 atom stereocenters. The Bertz CT molecular complexity index is 1400. The number of fused-ring (bicyclic) bond motifs is 3. The van der Waals surface area contributed by atoms with Gasteiger partial charge in [0.1, 0.15) is 18.1 Å². The number of hydrogen-bond acceptors (Lipinski definition) is 4. The fourth-order valence-electron chi connectivity index (χ4n) is 4.09. The highest BCUT2D eigenvalue weighted by Crippen LogP contribution is 2.33. The Balaban J connectivity index is 1.43. The third-order valence-electron chi connectivity index (χ3n) is 5.49. The number of ether oxygens (including phenoxy) is 1. The Labute approximate surface area is 195 Å². The van der Waals surface area contributed by atoms with E-state index in [0.29, 0.717) is 12.5 Å². The molecule has 7 heteroatoms. The molecular weight excluding hydrogens is 466 g/mol. The lowest BCUT2D eigenvalue weighted by atomic mass is 10.1. The fourth-order valence-corrected chi connectivity index (χ4v) is 4.35. The highest BCUT2D eigenvalue weighted by atomic mass is 79.9. The molecule has 5 aromatic rings. The lowest BCUT2D eigenvalue weighted by Gasteiger charge is -2.12. The van der Waals surface area contributed by atoms with Crippen LogP contribution in [-0.4, -0.2) is 24.5 Å². The Morgan fingerprint density at radius 3 is 2.62 bits per heavy atom. The molecule has 0 unspecified atom stereocenters. The molecule has 162 valence electrons. The molecule has 0 aliphatic rings. The fraction of sp³-hybridized carbons (Fsp3) is 0.240. The molecule has 32 heavy (non-hydrogen) atoms. The van der Waals surface area contributed by atoms with Gasteiger partial charge in [-0.15, -0.1) is 5.10 Å². The van der Waals surface area contributed by atoms with Crippen molar-refractivity contribution in [2.45, 2.75) is 33.9 Å². The van der Waals surface area contributed by atoms with Gasteiger partial charge >= 0.3 is 0 Å². The van der Waals surface area contributed by atoms with Gasteiger partial charge in [-0.3, -0.25) is 4.98 Å². The van der Waals surface area contributed by atoms with Crippen LogP contribution in [0.3, 0.4) is 0 Å². The molecule has 0 aliphatic carbocycles. The maximum Gasteiger partial charge on any atom is 0.134 e. The Morgan fingerprint density at radius 1 is 1.03 bits per heavy atom. The molecule has 0 spiro atoms. The van der Waals surface area contributed by atoms with Crippen molar-refractivity contribution in [2.75, 3.05) is 0 Å². The molecule has 0 amide bonds. The van der Waals surface area contributed by atoms with Crippen LogP contribution < -0.4 is 4.74 Å². The monoisotopic (exact) mass is 489 g/mol. The van der Waals surface area contributed by atoms with Crippen molar-refractivity contribution in [1.82, 2.24) is 24.5 Å². The minimum Gasteiger partial charge on any atom is -0.487 e.